The molecule has 0 aliphatic heterocycles. The summed E-state index contributed by atoms with van der Waals surface area (Å²) in [7, 11) is 1.64. The van der Waals surface area contributed by atoms with E-state index in [2.05, 4.69) is 15.4 Å². The quantitative estimate of drug-likeness (QED) is 0.409. The SMILES string of the molecule is COc1ccccc1-c1csc2nc(NC(=O)c3ccc(-c4ccccc4)cc3)nn12. The van der Waals surface area contributed by atoms with E-state index in [1.807, 2.05) is 72.1 Å². The molecule has 3 aromatic carbocycles. The first-order valence-electron chi connectivity index (χ1n) is 9.67. The van der Waals surface area contributed by atoms with Crippen LogP contribution in [0, 0.1) is 0 Å². The molecule has 7 heteroatoms. The Labute approximate surface area is 182 Å². The molecule has 0 fully saturated rings. The molecule has 0 bridgehead atoms. The number of hydrogen-bond acceptors (Lipinski definition) is 5. The smallest absolute Gasteiger partial charge is 0.258 e. The molecule has 1 N–H and O–H groups in total. The van der Waals surface area contributed by atoms with Gasteiger partial charge in [-0.25, -0.2) is 4.52 Å². The van der Waals surface area contributed by atoms with Crippen LogP contribution in [0.15, 0.2) is 84.2 Å². The lowest BCUT2D eigenvalue weighted by Gasteiger charge is -2.06. The number of amides is 1. The van der Waals surface area contributed by atoms with Gasteiger partial charge in [0.1, 0.15) is 5.75 Å². The van der Waals surface area contributed by atoms with Crippen molar-refractivity contribution in [2.45, 2.75) is 0 Å². The van der Waals surface area contributed by atoms with Gasteiger partial charge in [-0.15, -0.1) is 16.4 Å². The Balaban J connectivity index is 1.38. The second-order valence-electron chi connectivity index (χ2n) is 6.85. The Morgan fingerprint density at radius 3 is 2.42 bits per heavy atom. The normalized spacial score (nSPS) is 10.9. The number of thiazole rings is 1. The number of aromatic nitrogens is 3. The third kappa shape index (κ3) is 3.67. The molecule has 5 aromatic rings. The van der Waals surface area contributed by atoms with Crippen molar-refractivity contribution in [3.8, 4) is 28.1 Å². The minimum Gasteiger partial charge on any atom is -0.496 e. The molecule has 2 aromatic heterocycles. The lowest BCUT2D eigenvalue weighted by Crippen LogP contribution is -2.13. The van der Waals surface area contributed by atoms with Gasteiger partial charge in [-0.05, 0) is 35.4 Å². The van der Waals surface area contributed by atoms with Crippen molar-refractivity contribution < 1.29 is 9.53 Å². The molecule has 0 aliphatic carbocycles. The standard InChI is InChI=1S/C24H18N4O2S/c1-30-21-10-6-5-9-19(21)20-15-31-24-26-23(27-28(20)24)25-22(29)18-13-11-17(12-14-18)16-7-3-2-4-8-16/h2-15H,1H3,(H,25,27,29). The number of anilines is 1. The molecule has 0 radical (unpaired) electrons. The van der Waals surface area contributed by atoms with E-state index in [0.717, 1.165) is 28.1 Å². The number of rotatable bonds is 5. The fraction of sp³-hybridized carbons (Fsp3) is 0.0417. The van der Waals surface area contributed by atoms with Crippen molar-refractivity contribution in [2.75, 3.05) is 12.4 Å². The number of ether oxygens (including phenoxy) is 1. The summed E-state index contributed by atoms with van der Waals surface area (Å²) < 4.78 is 7.18. The van der Waals surface area contributed by atoms with Crippen LogP contribution in [-0.2, 0) is 0 Å². The number of carbonyl (C=O) groups excluding carboxylic acids is 1. The van der Waals surface area contributed by atoms with Gasteiger partial charge < -0.3 is 4.74 Å². The average molecular weight is 427 g/mol. The summed E-state index contributed by atoms with van der Waals surface area (Å²) in [5, 5.41) is 9.25. The van der Waals surface area contributed by atoms with Gasteiger partial charge in [-0.1, -0.05) is 54.6 Å². The van der Waals surface area contributed by atoms with Crippen LogP contribution in [0.2, 0.25) is 0 Å². The largest absolute Gasteiger partial charge is 0.496 e. The molecule has 2 heterocycles. The van der Waals surface area contributed by atoms with Gasteiger partial charge >= 0.3 is 0 Å². The van der Waals surface area contributed by atoms with E-state index in [9.17, 15) is 4.79 Å². The first-order chi connectivity index (χ1) is 15.2. The minimum absolute atomic E-state index is 0.253. The second-order valence-corrected chi connectivity index (χ2v) is 7.69. The lowest BCUT2D eigenvalue weighted by atomic mass is 10.0. The van der Waals surface area contributed by atoms with Crippen LogP contribution in [0.1, 0.15) is 10.4 Å². The molecule has 0 atom stereocenters. The number of nitrogens with one attached hydrogen (secondary N) is 1. The van der Waals surface area contributed by atoms with Gasteiger partial charge in [0.25, 0.3) is 11.9 Å². The predicted molar refractivity (Wildman–Crippen MR) is 123 cm³/mol. The van der Waals surface area contributed by atoms with Crippen LogP contribution in [0.25, 0.3) is 27.3 Å². The second kappa shape index (κ2) is 8.04. The molecular weight excluding hydrogens is 408 g/mol. The van der Waals surface area contributed by atoms with E-state index >= 15 is 0 Å². The highest BCUT2D eigenvalue weighted by Crippen LogP contribution is 2.32. The highest BCUT2D eigenvalue weighted by molar-refractivity contribution is 7.15. The highest BCUT2D eigenvalue weighted by Gasteiger charge is 2.16. The molecule has 31 heavy (non-hydrogen) atoms. The molecule has 0 spiro atoms. The summed E-state index contributed by atoms with van der Waals surface area (Å²) in [6, 6.07) is 25.2. The number of fused-ring (bicyclic) bond motifs is 1. The van der Waals surface area contributed by atoms with Crippen molar-refractivity contribution in [3.05, 3.63) is 89.8 Å². The third-order valence-corrected chi connectivity index (χ3v) is 5.76. The molecular formula is C24H18N4O2S. The Kier molecular flexibility index (Phi) is 4.93. The summed E-state index contributed by atoms with van der Waals surface area (Å²) in [4.78, 5) is 17.8. The number of hydrogen-bond donors (Lipinski definition) is 1. The fourth-order valence-electron chi connectivity index (χ4n) is 3.39. The Morgan fingerprint density at radius 2 is 1.65 bits per heavy atom. The number of methoxy groups -OCH3 is 1. The van der Waals surface area contributed by atoms with Gasteiger partial charge in [-0.2, -0.15) is 4.98 Å². The zero-order chi connectivity index (χ0) is 21.2. The van der Waals surface area contributed by atoms with Crippen molar-refractivity contribution in [3.63, 3.8) is 0 Å². The lowest BCUT2D eigenvalue weighted by molar-refractivity contribution is 0.102. The van der Waals surface area contributed by atoms with E-state index in [0.29, 0.717) is 10.5 Å². The average Bonchev–Trinajstić information content (AvgIpc) is 3.40. The van der Waals surface area contributed by atoms with Gasteiger partial charge in [0, 0.05) is 16.5 Å². The monoisotopic (exact) mass is 426 g/mol. The summed E-state index contributed by atoms with van der Waals surface area (Å²) in [6.45, 7) is 0. The van der Waals surface area contributed by atoms with E-state index in [1.54, 1.807) is 23.8 Å². The molecule has 0 aliphatic rings. The number of benzene rings is 3. The number of nitrogens with zero attached hydrogens (tertiary/aromatic N) is 3. The summed E-state index contributed by atoms with van der Waals surface area (Å²) in [5.41, 5.74) is 4.48. The molecule has 0 saturated heterocycles. The van der Waals surface area contributed by atoms with Crippen molar-refractivity contribution in [1.29, 1.82) is 0 Å². The summed E-state index contributed by atoms with van der Waals surface area (Å²) in [5.74, 6) is 0.763. The molecule has 1 amide bonds. The third-order valence-electron chi connectivity index (χ3n) is 4.94. The first kappa shape index (κ1) is 19.0. The predicted octanol–water partition coefficient (Wildman–Crippen LogP) is 5.39. The maximum atomic E-state index is 12.7. The Hall–Kier alpha value is -3.97. The first-order valence-corrected chi connectivity index (χ1v) is 10.6. The summed E-state index contributed by atoms with van der Waals surface area (Å²) in [6.07, 6.45) is 0. The minimum atomic E-state index is -0.253. The maximum Gasteiger partial charge on any atom is 0.258 e. The van der Waals surface area contributed by atoms with Crippen LogP contribution in [0.3, 0.4) is 0 Å². The fourth-order valence-corrected chi connectivity index (χ4v) is 4.22. The van der Waals surface area contributed by atoms with Gasteiger partial charge in [0.15, 0.2) is 0 Å². The number of para-hydroxylation sites is 1. The molecule has 0 unspecified atom stereocenters. The van der Waals surface area contributed by atoms with Crippen LogP contribution < -0.4 is 10.1 Å². The topological polar surface area (TPSA) is 68.5 Å². The van der Waals surface area contributed by atoms with Crippen molar-refractivity contribution in [2.24, 2.45) is 0 Å². The molecule has 152 valence electrons. The van der Waals surface area contributed by atoms with E-state index in [4.69, 9.17) is 4.74 Å². The molecule has 0 saturated carbocycles. The van der Waals surface area contributed by atoms with Gasteiger partial charge in [0.2, 0.25) is 4.96 Å². The maximum absolute atomic E-state index is 12.7. The van der Waals surface area contributed by atoms with Gasteiger partial charge in [0.05, 0.1) is 12.8 Å². The van der Waals surface area contributed by atoms with E-state index in [1.165, 1.54) is 11.3 Å². The van der Waals surface area contributed by atoms with Crippen LogP contribution in [0.4, 0.5) is 5.95 Å². The Bertz CT molecular complexity index is 1360. The molecule has 5 rings (SSSR count). The van der Waals surface area contributed by atoms with E-state index in [-0.39, 0.29) is 11.9 Å². The van der Waals surface area contributed by atoms with E-state index < -0.39 is 0 Å². The zero-order valence-corrected chi connectivity index (χ0v) is 17.5. The summed E-state index contributed by atoms with van der Waals surface area (Å²) >= 11 is 1.45. The van der Waals surface area contributed by atoms with Gasteiger partial charge in [-0.3, -0.25) is 10.1 Å². The van der Waals surface area contributed by atoms with Crippen LogP contribution >= 0.6 is 11.3 Å². The zero-order valence-electron chi connectivity index (χ0n) is 16.6. The van der Waals surface area contributed by atoms with Crippen molar-refractivity contribution in [1.82, 2.24) is 14.6 Å². The highest BCUT2D eigenvalue weighted by atomic mass is 32.1. The Morgan fingerprint density at radius 1 is 0.935 bits per heavy atom. The molecule has 6 nitrogen and oxygen atoms in total. The number of carbonyl (C=O) groups is 1. The van der Waals surface area contributed by atoms with Crippen molar-refractivity contribution >= 4 is 28.2 Å². The van der Waals surface area contributed by atoms with Crippen LogP contribution in [-0.4, -0.2) is 27.6 Å². The van der Waals surface area contributed by atoms with Crippen LogP contribution in [0.5, 0.6) is 5.75 Å².